The molecule has 0 radical (unpaired) electrons. The van der Waals surface area contributed by atoms with Gasteiger partial charge in [-0.05, 0) is 18.8 Å². The van der Waals surface area contributed by atoms with Crippen molar-refractivity contribution < 1.29 is 8.42 Å². The van der Waals surface area contributed by atoms with Gasteiger partial charge in [-0.1, -0.05) is 27.2 Å². The van der Waals surface area contributed by atoms with Gasteiger partial charge in [0.15, 0.2) is 5.03 Å². The average molecular weight is 285 g/mol. The van der Waals surface area contributed by atoms with Crippen molar-refractivity contribution in [3.05, 3.63) is 12.0 Å². The topological polar surface area (TPSA) is 66.1 Å². The highest BCUT2D eigenvalue weighted by atomic mass is 32.2. The SMILES string of the molecule is CCC1CCCN(S(=O)(=O)c2cnc(C(C)C)[nH]2)C1. The Morgan fingerprint density at radius 3 is 2.84 bits per heavy atom. The molecule has 1 N–H and O–H groups in total. The van der Waals surface area contributed by atoms with Gasteiger partial charge < -0.3 is 4.98 Å². The van der Waals surface area contributed by atoms with Gasteiger partial charge in [-0.3, -0.25) is 0 Å². The summed E-state index contributed by atoms with van der Waals surface area (Å²) in [6.45, 7) is 7.35. The third kappa shape index (κ3) is 3.00. The first-order valence-corrected chi connectivity index (χ1v) is 8.44. The summed E-state index contributed by atoms with van der Waals surface area (Å²) in [5.41, 5.74) is 0. The van der Waals surface area contributed by atoms with Crippen molar-refractivity contribution >= 4 is 10.0 Å². The van der Waals surface area contributed by atoms with Crippen molar-refractivity contribution in [2.24, 2.45) is 5.92 Å². The Bertz CT molecular complexity index is 522. The highest BCUT2D eigenvalue weighted by Gasteiger charge is 2.31. The lowest BCUT2D eigenvalue weighted by molar-refractivity contribution is 0.261. The molecule has 1 aliphatic heterocycles. The van der Waals surface area contributed by atoms with Gasteiger partial charge in [-0.2, -0.15) is 4.31 Å². The molecule has 1 aromatic rings. The number of sulfonamides is 1. The summed E-state index contributed by atoms with van der Waals surface area (Å²) in [7, 11) is -3.40. The minimum atomic E-state index is -3.40. The first kappa shape index (κ1) is 14.5. The molecule has 5 nitrogen and oxygen atoms in total. The van der Waals surface area contributed by atoms with E-state index in [0.717, 1.165) is 25.1 Å². The van der Waals surface area contributed by atoms with Crippen molar-refractivity contribution in [2.75, 3.05) is 13.1 Å². The molecule has 1 atom stereocenters. The van der Waals surface area contributed by atoms with Crippen LogP contribution in [0.1, 0.15) is 51.8 Å². The number of H-pyrrole nitrogens is 1. The molecule has 6 heteroatoms. The van der Waals surface area contributed by atoms with Gasteiger partial charge >= 0.3 is 0 Å². The predicted molar refractivity (Wildman–Crippen MR) is 74.5 cm³/mol. The third-order valence-electron chi connectivity index (χ3n) is 3.80. The van der Waals surface area contributed by atoms with Crippen LogP contribution >= 0.6 is 0 Å². The highest BCUT2D eigenvalue weighted by molar-refractivity contribution is 7.89. The Hall–Kier alpha value is -0.880. The van der Waals surface area contributed by atoms with Gasteiger partial charge in [-0.15, -0.1) is 0 Å². The molecule has 2 rings (SSSR count). The predicted octanol–water partition coefficient (Wildman–Crippen LogP) is 2.34. The fourth-order valence-electron chi connectivity index (χ4n) is 2.46. The summed E-state index contributed by atoms with van der Waals surface area (Å²) in [4.78, 5) is 7.10. The summed E-state index contributed by atoms with van der Waals surface area (Å²) < 4.78 is 26.7. The molecule has 0 saturated carbocycles. The second kappa shape index (κ2) is 5.63. The van der Waals surface area contributed by atoms with E-state index >= 15 is 0 Å². The third-order valence-corrected chi connectivity index (χ3v) is 5.57. The molecule has 1 unspecified atom stereocenters. The molecule has 1 aliphatic rings. The molecule has 2 heterocycles. The van der Waals surface area contributed by atoms with Gasteiger partial charge in [0.2, 0.25) is 0 Å². The van der Waals surface area contributed by atoms with Gasteiger partial charge in [0.05, 0.1) is 6.20 Å². The summed E-state index contributed by atoms with van der Waals surface area (Å²) >= 11 is 0. The molecule has 19 heavy (non-hydrogen) atoms. The number of aromatic amines is 1. The zero-order chi connectivity index (χ0) is 14.0. The average Bonchev–Trinajstić information content (AvgIpc) is 2.89. The van der Waals surface area contributed by atoms with Crippen LogP contribution in [0.15, 0.2) is 11.2 Å². The number of piperidine rings is 1. The smallest absolute Gasteiger partial charge is 0.260 e. The zero-order valence-corrected chi connectivity index (χ0v) is 12.7. The number of aromatic nitrogens is 2. The lowest BCUT2D eigenvalue weighted by atomic mass is 9.97. The maximum absolute atomic E-state index is 12.5. The lowest BCUT2D eigenvalue weighted by Gasteiger charge is -2.30. The minimum Gasteiger partial charge on any atom is -0.332 e. The van der Waals surface area contributed by atoms with Crippen LogP contribution < -0.4 is 0 Å². The molecule has 0 aliphatic carbocycles. The molecule has 0 bridgehead atoms. The van der Waals surface area contributed by atoms with Gasteiger partial charge in [0.1, 0.15) is 5.82 Å². The number of nitrogens with one attached hydrogen (secondary N) is 1. The Balaban J connectivity index is 2.21. The van der Waals surface area contributed by atoms with E-state index in [4.69, 9.17) is 0 Å². The first-order chi connectivity index (χ1) is 8.95. The van der Waals surface area contributed by atoms with Crippen molar-refractivity contribution in [1.29, 1.82) is 0 Å². The van der Waals surface area contributed by atoms with Gasteiger partial charge in [-0.25, -0.2) is 13.4 Å². The summed E-state index contributed by atoms with van der Waals surface area (Å²) in [5, 5.41) is 0.230. The molecule has 1 fully saturated rings. The monoisotopic (exact) mass is 285 g/mol. The van der Waals surface area contributed by atoms with E-state index in [1.807, 2.05) is 13.8 Å². The van der Waals surface area contributed by atoms with Crippen molar-refractivity contribution in [3.63, 3.8) is 0 Å². The molecule has 0 aromatic carbocycles. The Kier molecular flexibility index (Phi) is 4.30. The summed E-state index contributed by atoms with van der Waals surface area (Å²) in [6, 6.07) is 0. The van der Waals surface area contributed by atoms with Crippen LogP contribution in [-0.2, 0) is 10.0 Å². The maximum Gasteiger partial charge on any atom is 0.260 e. The largest absolute Gasteiger partial charge is 0.332 e. The Morgan fingerprint density at radius 2 is 2.26 bits per heavy atom. The van der Waals surface area contributed by atoms with E-state index in [1.54, 1.807) is 4.31 Å². The maximum atomic E-state index is 12.5. The quantitative estimate of drug-likeness (QED) is 0.923. The van der Waals surface area contributed by atoms with E-state index in [1.165, 1.54) is 6.20 Å². The van der Waals surface area contributed by atoms with Crippen molar-refractivity contribution in [2.45, 2.75) is 51.0 Å². The van der Waals surface area contributed by atoms with Gasteiger partial charge in [0.25, 0.3) is 10.0 Å². The summed E-state index contributed by atoms with van der Waals surface area (Å²) in [5.74, 6) is 1.41. The van der Waals surface area contributed by atoms with Crippen LogP contribution in [0.4, 0.5) is 0 Å². The number of nitrogens with zero attached hydrogens (tertiary/aromatic N) is 2. The van der Waals surface area contributed by atoms with E-state index in [2.05, 4.69) is 16.9 Å². The normalized spacial score (nSPS) is 22.0. The second-order valence-electron chi connectivity index (χ2n) is 5.57. The van der Waals surface area contributed by atoms with E-state index in [9.17, 15) is 8.42 Å². The van der Waals surface area contributed by atoms with Crippen molar-refractivity contribution in [1.82, 2.24) is 14.3 Å². The van der Waals surface area contributed by atoms with E-state index in [0.29, 0.717) is 19.0 Å². The fourth-order valence-corrected chi connectivity index (χ4v) is 3.94. The number of imidazole rings is 1. The van der Waals surface area contributed by atoms with Crippen LogP contribution in [0, 0.1) is 5.92 Å². The second-order valence-corrected chi connectivity index (χ2v) is 7.47. The van der Waals surface area contributed by atoms with Crippen LogP contribution in [-0.4, -0.2) is 35.8 Å². The molecular formula is C13H23N3O2S. The molecule has 108 valence electrons. The first-order valence-electron chi connectivity index (χ1n) is 7.00. The number of rotatable bonds is 4. The Morgan fingerprint density at radius 1 is 1.53 bits per heavy atom. The van der Waals surface area contributed by atoms with Crippen molar-refractivity contribution in [3.8, 4) is 0 Å². The lowest BCUT2D eigenvalue weighted by Crippen LogP contribution is -2.39. The van der Waals surface area contributed by atoms with Crippen LogP contribution in [0.2, 0.25) is 0 Å². The standard InChI is InChI=1S/C13H23N3O2S/c1-4-11-6-5-7-16(9-11)19(17,18)12-8-14-13(15-12)10(2)3/h8,10-11H,4-7,9H2,1-3H3,(H,14,15). The van der Waals surface area contributed by atoms with Crippen LogP contribution in [0.3, 0.4) is 0 Å². The zero-order valence-electron chi connectivity index (χ0n) is 11.9. The Labute approximate surface area is 115 Å². The highest BCUT2D eigenvalue weighted by Crippen LogP contribution is 2.25. The molecule has 0 spiro atoms. The van der Waals surface area contributed by atoms with E-state index in [-0.39, 0.29) is 10.9 Å². The van der Waals surface area contributed by atoms with Crippen LogP contribution in [0.5, 0.6) is 0 Å². The molecular weight excluding hydrogens is 262 g/mol. The van der Waals surface area contributed by atoms with Crippen LogP contribution in [0.25, 0.3) is 0 Å². The molecule has 0 amide bonds. The molecule has 1 aromatic heterocycles. The molecule has 1 saturated heterocycles. The minimum absolute atomic E-state index is 0.202. The fraction of sp³-hybridized carbons (Fsp3) is 0.769. The van der Waals surface area contributed by atoms with E-state index < -0.39 is 10.0 Å². The van der Waals surface area contributed by atoms with Gasteiger partial charge in [0, 0.05) is 19.0 Å². The number of hydrogen-bond acceptors (Lipinski definition) is 3. The number of hydrogen-bond donors (Lipinski definition) is 1. The summed E-state index contributed by atoms with van der Waals surface area (Å²) in [6.07, 6.45) is 4.55.